The van der Waals surface area contributed by atoms with Gasteiger partial charge >= 0.3 is 0 Å². The molecule has 0 fully saturated rings. The first-order chi connectivity index (χ1) is 7.13. The minimum atomic E-state index is -0.318. The van der Waals surface area contributed by atoms with Crippen molar-refractivity contribution in [3.8, 4) is 0 Å². The van der Waals surface area contributed by atoms with Crippen LogP contribution in [0, 0.1) is 5.82 Å². The van der Waals surface area contributed by atoms with Gasteiger partial charge in [-0.25, -0.2) is 4.39 Å². The van der Waals surface area contributed by atoms with Crippen LogP contribution < -0.4 is 11.1 Å². The Hall–Kier alpha value is -0.650. The fraction of sp³-hybridized carbons (Fsp3) is 0.300. The Morgan fingerprint density at radius 2 is 2.19 bits per heavy atom. The summed E-state index contributed by atoms with van der Waals surface area (Å²) >= 11 is 3.28. The number of halogens is 3. The van der Waals surface area contributed by atoms with E-state index in [1.165, 1.54) is 12.1 Å². The first kappa shape index (κ1) is 15.3. The molecule has 1 rings (SSSR count). The molecular formula is C10H13BrClFN2O. The van der Waals surface area contributed by atoms with Crippen LogP contribution in [0.4, 0.5) is 4.39 Å². The molecule has 0 saturated heterocycles. The van der Waals surface area contributed by atoms with Crippen LogP contribution in [0.25, 0.3) is 0 Å². The van der Waals surface area contributed by atoms with E-state index in [1.807, 2.05) is 0 Å². The summed E-state index contributed by atoms with van der Waals surface area (Å²) in [4.78, 5) is 11.1. The Morgan fingerprint density at radius 3 is 2.81 bits per heavy atom. The second-order valence-corrected chi connectivity index (χ2v) is 3.91. The summed E-state index contributed by atoms with van der Waals surface area (Å²) in [7, 11) is 0. The average molecular weight is 312 g/mol. The minimum Gasteiger partial charge on any atom is -0.352 e. The third-order valence-corrected chi connectivity index (χ3v) is 2.63. The molecule has 0 saturated carbocycles. The van der Waals surface area contributed by atoms with Crippen molar-refractivity contribution in [2.45, 2.75) is 13.0 Å². The van der Waals surface area contributed by atoms with Crippen LogP contribution in [-0.4, -0.2) is 12.5 Å². The number of nitrogens with two attached hydrogens (primary N) is 1. The molecule has 0 aliphatic rings. The Bertz CT molecular complexity index is 363. The van der Waals surface area contributed by atoms with Gasteiger partial charge in [0.25, 0.3) is 0 Å². The Morgan fingerprint density at radius 1 is 1.50 bits per heavy atom. The van der Waals surface area contributed by atoms with E-state index < -0.39 is 0 Å². The monoisotopic (exact) mass is 310 g/mol. The van der Waals surface area contributed by atoms with Crippen molar-refractivity contribution in [1.29, 1.82) is 0 Å². The molecule has 0 aliphatic heterocycles. The third-order valence-electron chi connectivity index (χ3n) is 1.86. The predicted molar refractivity (Wildman–Crippen MR) is 66.9 cm³/mol. The van der Waals surface area contributed by atoms with Crippen LogP contribution >= 0.6 is 28.3 Å². The van der Waals surface area contributed by atoms with E-state index in [1.54, 1.807) is 6.07 Å². The summed E-state index contributed by atoms with van der Waals surface area (Å²) in [5, 5.41) is 2.65. The van der Waals surface area contributed by atoms with Gasteiger partial charge in [-0.15, -0.1) is 12.4 Å². The zero-order valence-electron chi connectivity index (χ0n) is 8.50. The van der Waals surface area contributed by atoms with Crippen molar-refractivity contribution < 1.29 is 9.18 Å². The summed E-state index contributed by atoms with van der Waals surface area (Å²) in [5.41, 5.74) is 5.93. The van der Waals surface area contributed by atoms with E-state index in [2.05, 4.69) is 21.2 Å². The number of rotatable bonds is 4. The highest BCUT2D eigenvalue weighted by atomic mass is 79.9. The van der Waals surface area contributed by atoms with Crippen LogP contribution in [-0.2, 0) is 11.3 Å². The normalized spacial score (nSPS) is 9.44. The molecule has 90 valence electrons. The molecule has 0 aromatic heterocycles. The SMILES string of the molecule is Cl.NCCC(=O)NCc1cc(F)ccc1Br. The van der Waals surface area contributed by atoms with Gasteiger partial charge in [0.1, 0.15) is 5.82 Å². The molecule has 3 nitrogen and oxygen atoms in total. The first-order valence-electron chi connectivity index (χ1n) is 4.54. The average Bonchev–Trinajstić information content (AvgIpc) is 2.20. The van der Waals surface area contributed by atoms with E-state index in [9.17, 15) is 9.18 Å². The van der Waals surface area contributed by atoms with Gasteiger partial charge in [0.15, 0.2) is 0 Å². The molecule has 0 unspecified atom stereocenters. The molecule has 1 amide bonds. The molecule has 3 N–H and O–H groups in total. The van der Waals surface area contributed by atoms with Gasteiger partial charge in [-0.1, -0.05) is 15.9 Å². The van der Waals surface area contributed by atoms with Gasteiger partial charge in [-0.2, -0.15) is 0 Å². The quantitative estimate of drug-likeness (QED) is 0.893. The summed E-state index contributed by atoms with van der Waals surface area (Å²) < 4.78 is 13.6. The minimum absolute atomic E-state index is 0. The van der Waals surface area contributed by atoms with E-state index in [0.717, 1.165) is 4.47 Å². The molecule has 0 bridgehead atoms. The summed E-state index contributed by atoms with van der Waals surface area (Å²) in [5.74, 6) is -0.449. The molecule has 0 atom stereocenters. The van der Waals surface area contributed by atoms with Gasteiger partial charge in [-0.3, -0.25) is 4.79 Å². The Balaban J connectivity index is 0.00000225. The smallest absolute Gasteiger partial charge is 0.221 e. The lowest BCUT2D eigenvalue weighted by atomic mass is 10.2. The summed E-state index contributed by atoms with van der Waals surface area (Å²) in [6, 6.07) is 4.35. The molecule has 16 heavy (non-hydrogen) atoms. The largest absolute Gasteiger partial charge is 0.352 e. The topological polar surface area (TPSA) is 55.1 Å². The lowest BCUT2D eigenvalue weighted by Crippen LogP contribution is -2.25. The van der Waals surface area contributed by atoms with E-state index >= 15 is 0 Å². The molecule has 0 spiro atoms. The predicted octanol–water partition coefficient (Wildman–Crippen LogP) is 1.98. The lowest BCUT2D eigenvalue weighted by molar-refractivity contribution is -0.121. The highest BCUT2D eigenvalue weighted by Crippen LogP contribution is 2.17. The highest BCUT2D eigenvalue weighted by molar-refractivity contribution is 9.10. The van der Waals surface area contributed by atoms with Crippen LogP contribution in [0.2, 0.25) is 0 Å². The van der Waals surface area contributed by atoms with Gasteiger partial charge in [0, 0.05) is 24.0 Å². The van der Waals surface area contributed by atoms with E-state index in [-0.39, 0.29) is 30.6 Å². The van der Waals surface area contributed by atoms with Crippen LogP contribution in [0.15, 0.2) is 22.7 Å². The molecule has 0 aliphatic carbocycles. The van der Waals surface area contributed by atoms with Crippen LogP contribution in [0.3, 0.4) is 0 Å². The Kier molecular flexibility index (Phi) is 7.29. The van der Waals surface area contributed by atoms with Crippen molar-refractivity contribution in [3.05, 3.63) is 34.1 Å². The standard InChI is InChI=1S/C10H12BrFN2O.ClH/c11-9-2-1-8(12)5-7(9)6-14-10(15)3-4-13;/h1-2,5H,3-4,6,13H2,(H,14,15);1H. The molecule has 6 heteroatoms. The zero-order valence-corrected chi connectivity index (χ0v) is 10.9. The van der Waals surface area contributed by atoms with Gasteiger partial charge in [0.2, 0.25) is 5.91 Å². The van der Waals surface area contributed by atoms with Crippen LogP contribution in [0.1, 0.15) is 12.0 Å². The number of amides is 1. The van der Waals surface area contributed by atoms with Crippen molar-refractivity contribution in [3.63, 3.8) is 0 Å². The van der Waals surface area contributed by atoms with E-state index in [4.69, 9.17) is 5.73 Å². The molecule has 1 aromatic rings. The number of nitrogens with one attached hydrogen (secondary N) is 1. The van der Waals surface area contributed by atoms with Crippen molar-refractivity contribution in [1.82, 2.24) is 5.32 Å². The maximum atomic E-state index is 12.9. The maximum Gasteiger partial charge on any atom is 0.221 e. The molecule has 0 radical (unpaired) electrons. The number of hydrogen-bond donors (Lipinski definition) is 2. The maximum absolute atomic E-state index is 12.9. The fourth-order valence-corrected chi connectivity index (χ4v) is 1.48. The number of carbonyl (C=O) groups excluding carboxylic acids is 1. The van der Waals surface area contributed by atoms with Crippen molar-refractivity contribution in [2.75, 3.05) is 6.54 Å². The summed E-state index contributed by atoms with van der Waals surface area (Å²) in [6.07, 6.45) is 0.285. The second-order valence-electron chi connectivity index (χ2n) is 3.05. The number of carbonyl (C=O) groups is 1. The highest BCUT2D eigenvalue weighted by Gasteiger charge is 2.04. The van der Waals surface area contributed by atoms with E-state index in [0.29, 0.717) is 18.7 Å². The second kappa shape index (κ2) is 7.60. The Labute approximate surface area is 108 Å². The van der Waals surface area contributed by atoms with Gasteiger partial charge in [0.05, 0.1) is 0 Å². The van der Waals surface area contributed by atoms with Crippen molar-refractivity contribution >= 4 is 34.2 Å². The lowest BCUT2D eigenvalue weighted by Gasteiger charge is -2.06. The zero-order chi connectivity index (χ0) is 11.3. The fourth-order valence-electron chi connectivity index (χ4n) is 1.09. The summed E-state index contributed by atoms with van der Waals surface area (Å²) in [6.45, 7) is 0.618. The number of hydrogen-bond acceptors (Lipinski definition) is 2. The van der Waals surface area contributed by atoms with Crippen LogP contribution in [0.5, 0.6) is 0 Å². The van der Waals surface area contributed by atoms with Gasteiger partial charge < -0.3 is 11.1 Å². The molecular weight excluding hydrogens is 298 g/mol. The third kappa shape index (κ3) is 4.92. The number of benzene rings is 1. The first-order valence-corrected chi connectivity index (χ1v) is 5.33. The van der Waals surface area contributed by atoms with Gasteiger partial charge in [-0.05, 0) is 23.8 Å². The molecule has 0 heterocycles. The van der Waals surface area contributed by atoms with Crippen molar-refractivity contribution in [2.24, 2.45) is 5.73 Å². The molecule has 1 aromatic carbocycles.